The number of nitrogens with zero attached hydrogens (tertiary/aromatic N) is 2. The summed E-state index contributed by atoms with van der Waals surface area (Å²) >= 11 is 3.46. The molecule has 0 atom stereocenters. The van der Waals surface area contributed by atoms with Crippen molar-refractivity contribution >= 4 is 21.6 Å². The van der Waals surface area contributed by atoms with Crippen molar-refractivity contribution in [2.75, 3.05) is 5.73 Å². The van der Waals surface area contributed by atoms with Gasteiger partial charge in [0.25, 0.3) is 0 Å². The van der Waals surface area contributed by atoms with Crippen LogP contribution < -0.4 is 5.73 Å². The second-order valence-corrected chi connectivity index (χ2v) is 5.19. The maximum atomic E-state index is 5.98. The Bertz CT molecular complexity index is 689. The van der Waals surface area contributed by atoms with Gasteiger partial charge in [0.2, 0.25) is 0 Å². The molecule has 19 heavy (non-hydrogen) atoms. The van der Waals surface area contributed by atoms with Crippen molar-refractivity contribution in [1.82, 2.24) is 9.78 Å². The zero-order chi connectivity index (χ0) is 13.2. The number of hydrogen-bond acceptors (Lipinski definition) is 3. The number of furan rings is 1. The molecular weight excluding hydrogens is 306 g/mol. The predicted molar refractivity (Wildman–Crippen MR) is 77.6 cm³/mol. The standard InChI is InChI=1S/C14H12BrN3O/c15-12-3-1-2-10(6-12)7-18-8-13(16)14(17-18)11-4-5-19-9-11/h1-6,8-9H,7,16H2. The van der Waals surface area contributed by atoms with Gasteiger partial charge in [-0.05, 0) is 23.8 Å². The molecule has 0 unspecified atom stereocenters. The minimum atomic E-state index is 0.649. The Kier molecular flexibility index (Phi) is 3.13. The number of hydrogen-bond donors (Lipinski definition) is 1. The summed E-state index contributed by atoms with van der Waals surface area (Å²) in [5.41, 5.74) is 9.44. The first-order chi connectivity index (χ1) is 9.22. The lowest BCUT2D eigenvalue weighted by molar-refractivity contribution is 0.568. The number of rotatable bonds is 3. The van der Waals surface area contributed by atoms with E-state index in [4.69, 9.17) is 10.2 Å². The molecule has 2 N–H and O–H groups in total. The van der Waals surface area contributed by atoms with E-state index in [0.29, 0.717) is 12.2 Å². The molecule has 96 valence electrons. The van der Waals surface area contributed by atoms with Crippen molar-refractivity contribution in [3.05, 3.63) is 59.1 Å². The maximum absolute atomic E-state index is 5.98. The third-order valence-electron chi connectivity index (χ3n) is 2.82. The van der Waals surface area contributed by atoms with Gasteiger partial charge in [-0.1, -0.05) is 28.1 Å². The molecule has 3 rings (SSSR count). The van der Waals surface area contributed by atoms with Gasteiger partial charge in [-0.3, -0.25) is 4.68 Å². The van der Waals surface area contributed by atoms with Crippen LogP contribution in [0.1, 0.15) is 5.56 Å². The molecule has 5 heteroatoms. The first-order valence-electron chi connectivity index (χ1n) is 5.82. The van der Waals surface area contributed by atoms with Gasteiger partial charge in [-0.15, -0.1) is 0 Å². The number of benzene rings is 1. The highest BCUT2D eigenvalue weighted by Crippen LogP contribution is 2.24. The summed E-state index contributed by atoms with van der Waals surface area (Å²) in [7, 11) is 0. The Labute approximate surface area is 119 Å². The average Bonchev–Trinajstić information content (AvgIpc) is 2.98. The molecule has 0 saturated heterocycles. The summed E-state index contributed by atoms with van der Waals surface area (Å²) in [5.74, 6) is 0. The van der Waals surface area contributed by atoms with Crippen LogP contribution in [0.2, 0.25) is 0 Å². The van der Waals surface area contributed by atoms with Crippen molar-refractivity contribution in [3.63, 3.8) is 0 Å². The molecule has 2 aromatic heterocycles. The van der Waals surface area contributed by atoms with Crippen LogP contribution in [0.4, 0.5) is 5.69 Å². The highest BCUT2D eigenvalue weighted by molar-refractivity contribution is 9.10. The van der Waals surface area contributed by atoms with E-state index >= 15 is 0 Å². The Hall–Kier alpha value is -2.01. The zero-order valence-corrected chi connectivity index (χ0v) is 11.7. The Morgan fingerprint density at radius 3 is 2.95 bits per heavy atom. The van der Waals surface area contributed by atoms with Gasteiger partial charge in [0.05, 0.1) is 24.8 Å². The van der Waals surface area contributed by atoms with Gasteiger partial charge in [0, 0.05) is 16.2 Å². The van der Waals surface area contributed by atoms with Gasteiger partial charge in [-0.25, -0.2) is 0 Å². The van der Waals surface area contributed by atoms with E-state index in [1.165, 1.54) is 0 Å². The monoisotopic (exact) mass is 317 g/mol. The van der Waals surface area contributed by atoms with Crippen molar-refractivity contribution in [1.29, 1.82) is 0 Å². The lowest BCUT2D eigenvalue weighted by Crippen LogP contribution is -2.00. The van der Waals surface area contributed by atoms with E-state index < -0.39 is 0 Å². The fourth-order valence-corrected chi connectivity index (χ4v) is 2.41. The molecule has 0 saturated carbocycles. The Morgan fingerprint density at radius 2 is 2.21 bits per heavy atom. The molecule has 2 heterocycles. The van der Waals surface area contributed by atoms with Gasteiger partial charge in [0.1, 0.15) is 5.69 Å². The van der Waals surface area contributed by atoms with Crippen LogP contribution in [0, 0.1) is 0 Å². The van der Waals surface area contributed by atoms with Gasteiger partial charge >= 0.3 is 0 Å². The summed E-state index contributed by atoms with van der Waals surface area (Å²) in [4.78, 5) is 0. The topological polar surface area (TPSA) is 57.0 Å². The summed E-state index contributed by atoms with van der Waals surface area (Å²) < 4.78 is 7.94. The molecule has 4 nitrogen and oxygen atoms in total. The van der Waals surface area contributed by atoms with Gasteiger partial charge < -0.3 is 10.2 Å². The van der Waals surface area contributed by atoms with E-state index in [0.717, 1.165) is 21.3 Å². The Morgan fingerprint density at radius 1 is 1.32 bits per heavy atom. The highest BCUT2D eigenvalue weighted by Gasteiger charge is 2.09. The molecule has 0 bridgehead atoms. The number of anilines is 1. The van der Waals surface area contributed by atoms with Crippen LogP contribution in [0.3, 0.4) is 0 Å². The maximum Gasteiger partial charge on any atom is 0.118 e. The molecular formula is C14H12BrN3O. The van der Waals surface area contributed by atoms with Crippen LogP contribution in [-0.4, -0.2) is 9.78 Å². The van der Waals surface area contributed by atoms with Crippen LogP contribution in [-0.2, 0) is 6.54 Å². The molecule has 0 fully saturated rings. The minimum absolute atomic E-state index is 0.649. The first kappa shape index (κ1) is 12.0. The Balaban J connectivity index is 1.89. The molecule has 0 radical (unpaired) electrons. The minimum Gasteiger partial charge on any atom is -0.472 e. The molecule has 0 aliphatic rings. The zero-order valence-electron chi connectivity index (χ0n) is 10.1. The van der Waals surface area contributed by atoms with E-state index in [2.05, 4.69) is 33.2 Å². The van der Waals surface area contributed by atoms with Crippen LogP contribution in [0.25, 0.3) is 11.3 Å². The molecule has 1 aromatic carbocycles. The number of halogens is 1. The summed E-state index contributed by atoms with van der Waals surface area (Å²) in [6.45, 7) is 0.682. The third-order valence-corrected chi connectivity index (χ3v) is 3.31. The molecule has 0 aliphatic heterocycles. The summed E-state index contributed by atoms with van der Waals surface area (Å²) in [6.07, 6.45) is 5.09. The van der Waals surface area contributed by atoms with Gasteiger partial charge in [0.15, 0.2) is 0 Å². The number of aromatic nitrogens is 2. The fraction of sp³-hybridized carbons (Fsp3) is 0.0714. The number of nitrogens with two attached hydrogens (primary N) is 1. The largest absolute Gasteiger partial charge is 0.472 e. The molecule has 0 aliphatic carbocycles. The van der Waals surface area contributed by atoms with Crippen LogP contribution >= 0.6 is 15.9 Å². The van der Waals surface area contributed by atoms with Crippen molar-refractivity contribution < 1.29 is 4.42 Å². The predicted octanol–water partition coefficient (Wildman–Crippen LogP) is 3.54. The average molecular weight is 318 g/mol. The summed E-state index contributed by atoms with van der Waals surface area (Å²) in [6, 6.07) is 9.97. The van der Waals surface area contributed by atoms with Crippen LogP contribution in [0.15, 0.2) is 57.9 Å². The number of nitrogen functional groups attached to an aromatic ring is 1. The lowest BCUT2D eigenvalue weighted by atomic mass is 10.2. The quantitative estimate of drug-likeness (QED) is 0.803. The normalized spacial score (nSPS) is 10.8. The molecule has 3 aromatic rings. The van der Waals surface area contributed by atoms with E-state index in [1.807, 2.05) is 29.1 Å². The summed E-state index contributed by atoms with van der Waals surface area (Å²) in [5, 5.41) is 4.49. The molecule has 0 amide bonds. The van der Waals surface area contributed by atoms with Gasteiger partial charge in [-0.2, -0.15) is 5.10 Å². The SMILES string of the molecule is Nc1cn(Cc2cccc(Br)c2)nc1-c1ccoc1. The third kappa shape index (κ3) is 2.56. The lowest BCUT2D eigenvalue weighted by Gasteiger charge is -2.02. The second kappa shape index (κ2) is 4.93. The van der Waals surface area contributed by atoms with E-state index in [1.54, 1.807) is 12.5 Å². The highest BCUT2D eigenvalue weighted by atomic mass is 79.9. The first-order valence-corrected chi connectivity index (χ1v) is 6.61. The van der Waals surface area contributed by atoms with Crippen LogP contribution in [0.5, 0.6) is 0 Å². The second-order valence-electron chi connectivity index (χ2n) is 4.27. The molecule has 0 spiro atoms. The van der Waals surface area contributed by atoms with Crippen molar-refractivity contribution in [2.45, 2.75) is 6.54 Å². The van der Waals surface area contributed by atoms with E-state index in [9.17, 15) is 0 Å². The van der Waals surface area contributed by atoms with E-state index in [-0.39, 0.29) is 0 Å². The fourth-order valence-electron chi connectivity index (χ4n) is 1.96. The van der Waals surface area contributed by atoms with Crippen molar-refractivity contribution in [2.24, 2.45) is 0 Å². The van der Waals surface area contributed by atoms with Crippen molar-refractivity contribution in [3.8, 4) is 11.3 Å². The smallest absolute Gasteiger partial charge is 0.118 e.